The molecule has 0 saturated carbocycles. The molecule has 0 radical (unpaired) electrons. The molecule has 4 nitrogen and oxygen atoms in total. The van der Waals surface area contributed by atoms with Gasteiger partial charge in [-0.15, -0.1) is 0 Å². The van der Waals surface area contributed by atoms with E-state index in [0.717, 1.165) is 37.5 Å². The number of ether oxygens (including phenoxy) is 1. The minimum atomic E-state index is 0.584. The normalized spacial score (nSPS) is 18.5. The van der Waals surface area contributed by atoms with Crippen LogP contribution in [-0.4, -0.2) is 37.7 Å². The van der Waals surface area contributed by atoms with Crippen LogP contribution in [-0.2, 0) is 6.54 Å². The van der Waals surface area contributed by atoms with E-state index in [4.69, 9.17) is 10.00 Å². The highest BCUT2D eigenvalue weighted by molar-refractivity contribution is 5.42. The third kappa shape index (κ3) is 3.25. The van der Waals surface area contributed by atoms with Gasteiger partial charge in [0, 0.05) is 24.7 Å². The summed E-state index contributed by atoms with van der Waals surface area (Å²) in [6.07, 6.45) is 1.19. The zero-order chi connectivity index (χ0) is 13.7. The van der Waals surface area contributed by atoms with Crippen LogP contribution in [0.4, 0.5) is 0 Å². The van der Waals surface area contributed by atoms with Crippen LogP contribution >= 0.6 is 0 Å². The molecule has 1 unspecified atom stereocenters. The van der Waals surface area contributed by atoms with E-state index in [0.29, 0.717) is 11.6 Å². The molecule has 1 saturated heterocycles. The third-order valence-electron chi connectivity index (χ3n) is 3.74. The van der Waals surface area contributed by atoms with E-state index in [1.807, 2.05) is 12.1 Å². The molecule has 1 N–H and O–H groups in total. The number of hydrogen-bond acceptors (Lipinski definition) is 4. The Bertz CT molecular complexity index is 461. The maximum absolute atomic E-state index is 9.01. The molecule has 1 atom stereocenters. The number of likely N-dealkylation sites (N-methyl/N-ethyl adjacent to an activating group) is 1. The highest BCUT2D eigenvalue weighted by atomic mass is 16.5. The van der Waals surface area contributed by atoms with E-state index in [1.54, 1.807) is 13.2 Å². The van der Waals surface area contributed by atoms with Gasteiger partial charge in [0.05, 0.1) is 18.7 Å². The molecule has 19 heavy (non-hydrogen) atoms. The average molecular weight is 259 g/mol. The zero-order valence-electron chi connectivity index (χ0n) is 11.6. The van der Waals surface area contributed by atoms with Crippen molar-refractivity contribution < 1.29 is 4.74 Å². The fourth-order valence-electron chi connectivity index (χ4n) is 2.64. The summed E-state index contributed by atoms with van der Waals surface area (Å²) in [5.41, 5.74) is 1.78. The molecule has 1 fully saturated rings. The van der Waals surface area contributed by atoms with E-state index in [9.17, 15) is 0 Å². The lowest BCUT2D eigenvalue weighted by Gasteiger charge is -2.27. The minimum Gasteiger partial charge on any atom is -0.496 e. The van der Waals surface area contributed by atoms with Crippen molar-refractivity contribution in [2.24, 2.45) is 0 Å². The number of rotatable bonds is 5. The molecule has 1 aliphatic heterocycles. The smallest absolute Gasteiger partial charge is 0.123 e. The predicted octanol–water partition coefficient (Wildman–Crippen LogP) is 1.75. The Balaban J connectivity index is 2.17. The minimum absolute atomic E-state index is 0.584. The molecular weight excluding hydrogens is 238 g/mol. The van der Waals surface area contributed by atoms with Crippen molar-refractivity contribution in [1.82, 2.24) is 10.2 Å². The number of nitrogens with one attached hydrogen (secondary N) is 1. The summed E-state index contributed by atoms with van der Waals surface area (Å²) >= 11 is 0. The van der Waals surface area contributed by atoms with Gasteiger partial charge in [-0.1, -0.05) is 6.92 Å². The lowest BCUT2D eigenvalue weighted by molar-refractivity contribution is 0.207. The molecule has 1 aromatic carbocycles. The molecule has 0 aromatic heterocycles. The topological polar surface area (TPSA) is 48.3 Å². The summed E-state index contributed by atoms with van der Waals surface area (Å²) in [4.78, 5) is 2.44. The van der Waals surface area contributed by atoms with E-state index in [2.05, 4.69) is 23.2 Å². The van der Waals surface area contributed by atoms with Crippen LogP contribution in [0.1, 0.15) is 24.5 Å². The first-order valence-electron chi connectivity index (χ1n) is 6.80. The standard InChI is InChI=1S/C15H21N3O/c1-3-18(14-6-7-17-10-14)11-13-8-12(9-16)4-5-15(13)19-2/h4-5,8,14,17H,3,6-7,10-11H2,1-2H3. The Morgan fingerprint density at radius 2 is 2.37 bits per heavy atom. The molecule has 4 heteroatoms. The van der Waals surface area contributed by atoms with Gasteiger partial charge in [0.1, 0.15) is 5.75 Å². The van der Waals surface area contributed by atoms with Gasteiger partial charge >= 0.3 is 0 Å². The monoisotopic (exact) mass is 259 g/mol. The number of nitriles is 1. The molecule has 0 amide bonds. The summed E-state index contributed by atoms with van der Waals surface area (Å²) in [5.74, 6) is 0.864. The van der Waals surface area contributed by atoms with Crippen LogP contribution in [0.15, 0.2) is 18.2 Å². The van der Waals surface area contributed by atoms with Crippen molar-refractivity contribution in [1.29, 1.82) is 5.26 Å². The Kier molecular flexibility index (Phi) is 4.78. The first-order chi connectivity index (χ1) is 9.28. The molecule has 0 bridgehead atoms. The molecular formula is C15H21N3O. The molecule has 0 spiro atoms. The second kappa shape index (κ2) is 6.55. The van der Waals surface area contributed by atoms with E-state index < -0.39 is 0 Å². The third-order valence-corrected chi connectivity index (χ3v) is 3.74. The SMILES string of the molecule is CCN(Cc1cc(C#N)ccc1OC)C1CCNC1. The maximum Gasteiger partial charge on any atom is 0.123 e. The van der Waals surface area contributed by atoms with Crippen molar-refractivity contribution in [2.75, 3.05) is 26.7 Å². The Labute approximate surface area is 115 Å². The largest absolute Gasteiger partial charge is 0.496 e. The lowest BCUT2D eigenvalue weighted by atomic mass is 10.1. The second-order valence-corrected chi connectivity index (χ2v) is 4.85. The van der Waals surface area contributed by atoms with Gasteiger partial charge in [0.2, 0.25) is 0 Å². The first-order valence-corrected chi connectivity index (χ1v) is 6.80. The van der Waals surface area contributed by atoms with Crippen molar-refractivity contribution >= 4 is 0 Å². The molecule has 1 aromatic rings. The highest BCUT2D eigenvalue weighted by Crippen LogP contribution is 2.23. The molecule has 0 aliphatic carbocycles. The van der Waals surface area contributed by atoms with E-state index >= 15 is 0 Å². The number of nitrogens with zero attached hydrogens (tertiary/aromatic N) is 2. The summed E-state index contributed by atoms with van der Waals surface area (Å²) in [6.45, 7) is 6.16. The van der Waals surface area contributed by atoms with Crippen molar-refractivity contribution in [2.45, 2.75) is 25.9 Å². The summed E-state index contributed by atoms with van der Waals surface area (Å²) in [6, 6.07) is 8.40. The van der Waals surface area contributed by atoms with Crippen LogP contribution in [0.25, 0.3) is 0 Å². The van der Waals surface area contributed by atoms with E-state index in [-0.39, 0.29) is 0 Å². The molecule has 102 valence electrons. The summed E-state index contributed by atoms with van der Waals surface area (Å²) in [5, 5.41) is 12.4. The predicted molar refractivity (Wildman–Crippen MR) is 75.1 cm³/mol. The van der Waals surface area contributed by atoms with E-state index in [1.165, 1.54) is 6.42 Å². The Hall–Kier alpha value is -1.57. The van der Waals surface area contributed by atoms with Crippen molar-refractivity contribution in [3.05, 3.63) is 29.3 Å². The van der Waals surface area contributed by atoms with Crippen LogP contribution in [0, 0.1) is 11.3 Å². The van der Waals surface area contributed by atoms with Gasteiger partial charge in [-0.3, -0.25) is 4.90 Å². The maximum atomic E-state index is 9.01. The lowest BCUT2D eigenvalue weighted by Crippen LogP contribution is -2.36. The summed E-state index contributed by atoms with van der Waals surface area (Å²) in [7, 11) is 1.68. The van der Waals surface area contributed by atoms with Crippen LogP contribution in [0.5, 0.6) is 5.75 Å². The number of methoxy groups -OCH3 is 1. The van der Waals surface area contributed by atoms with Gasteiger partial charge in [-0.2, -0.15) is 5.26 Å². The van der Waals surface area contributed by atoms with Gasteiger partial charge in [0.25, 0.3) is 0 Å². The van der Waals surface area contributed by atoms with Crippen LogP contribution in [0.3, 0.4) is 0 Å². The van der Waals surface area contributed by atoms with Crippen molar-refractivity contribution in [3.63, 3.8) is 0 Å². The highest BCUT2D eigenvalue weighted by Gasteiger charge is 2.22. The Morgan fingerprint density at radius 1 is 1.53 bits per heavy atom. The summed E-state index contributed by atoms with van der Waals surface area (Å²) < 4.78 is 5.40. The number of benzene rings is 1. The number of hydrogen-bond donors (Lipinski definition) is 1. The molecule has 2 rings (SSSR count). The van der Waals surface area contributed by atoms with Crippen LogP contribution < -0.4 is 10.1 Å². The van der Waals surface area contributed by atoms with Crippen LogP contribution in [0.2, 0.25) is 0 Å². The first kappa shape index (κ1) is 13.9. The van der Waals surface area contributed by atoms with Gasteiger partial charge in [-0.25, -0.2) is 0 Å². The quantitative estimate of drug-likeness (QED) is 0.875. The average Bonchev–Trinajstić information content (AvgIpc) is 2.98. The van der Waals surface area contributed by atoms with Gasteiger partial charge < -0.3 is 10.1 Å². The van der Waals surface area contributed by atoms with Gasteiger partial charge in [0.15, 0.2) is 0 Å². The molecule has 1 aliphatic rings. The zero-order valence-corrected chi connectivity index (χ0v) is 11.6. The fourth-order valence-corrected chi connectivity index (χ4v) is 2.64. The van der Waals surface area contributed by atoms with Gasteiger partial charge in [-0.05, 0) is 37.7 Å². The Morgan fingerprint density at radius 3 is 2.95 bits per heavy atom. The fraction of sp³-hybridized carbons (Fsp3) is 0.533. The second-order valence-electron chi connectivity index (χ2n) is 4.85. The molecule has 1 heterocycles. The van der Waals surface area contributed by atoms with Crippen molar-refractivity contribution in [3.8, 4) is 11.8 Å².